The number of methoxy groups -OCH3 is 1. The highest BCUT2D eigenvalue weighted by atomic mass is 32.2. The lowest BCUT2D eigenvalue weighted by molar-refractivity contribution is -0.113. The van der Waals surface area contributed by atoms with E-state index in [0.717, 1.165) is 45.0 Å². The van der Waals surface area contributed by atoms with Crippen LogP contribution in [0.3, 0.4) is 0 Å². The highest BCUT2D eigenvalue weighted by Crippen LogP contribution is 2.36. The van der Waals surface area contributed by atoms with Crippen LogP contribution in [0.5, 0.6) is 11.6 Å². The number of fused-ring (bicyclic) bond motifs is 4. The minimum Gasteiger partial charge on any atom is -0.487 e. The Balaban J connectivity index is 1.01. The second kappa shape index (κ2) is 9.47. The van der Waals surface area contributed by atoms with Gasteiger partial charge in [0.1, 0.15) is 18.0 Å². The van der Waals surface area contributed by atoms with Crippen LogP contribution in [0.1, 0.15) is 12.0 Å². The van der Waals surface area contributed by atoms with Gasteiger partial charge in [-0.25, -0.2) is 9.78 Å². The zero-order valence-electron chi connectivity index (χ0n) is 19.7. The van der Waals surface area contributed by atoms with Crippen LogP contribution in [0.4, 0.5) is 16.2 Å². The Morgan fingerprint density at radius 3 is 3.03 bits per heavy atom. The van der Waals surface area contributed by atoms with Gasteiger partial charge in [-0.05, 0) is 37.2 Å². The van der Waals surface area contributed by atoms with Gasteiger partial charge in [-0.15, -0.1) is 11.8 Å². The first-order valence-corrected chi connectivity index (χ1v) is 12.8. The fourth-order valence-electron chi connectivity index (χ4n) is 4.71. The van der Waals surface area contributed by atoms with Gasteiger partial charge in [-0.3, -0.25) is 14.7 Å². The van der Waals surface area contributed by atoms with Gasteiger partial charge in [0.2, 0.25) is 11.8 Å². The van der Waals surface area contributed by atoms with Gasteiger partial charge >= 0.3 is 6.09 Å². The SMILES string of the molecule is COc1ccc2ncc3c(c2n1)C[C@@H](CNCC[C@@H]1CN(c2ccc4c(c2)NC(=O)CS4)C(=O)O1)O3. The molecule has 6 rings (SSSR count). The zero-order chi connectivity index (χ0) is 24.6. The molecule has 1 saturated heterocycles. The van der Waals surface area contributed by atoms with Gasteiger partial charge in [-0.1, -0.05) is 0 Å². The van der Waals surface area contributed by atoms with E-state index in [4.69, 9.17) is 14.2 Å². The molecule has 0 saturated carbocycles. The summed E-state index contributed by atoms with van der Waals surface area (Å²) in [6.07, 6.45) is 2.57. The summed E-state index contributed by atoms with van der Waals surface area (Å²) >= 11 is 1.49. The van der Waals surface area contributed by atoms with E-state index in [1.807, 2.05) is 24.3 Å². The number of hydrogen-bond acceptors (Lipinski definition) is 9. The molecule has 11 heteroatoms. The maximum absolute atomic E-state index is 12.5. The van der Waals surface area contributed by atoms with Crippen molar-refractivity contribution in [2.24, 2.45) is 0 Å². The van der Waals surface area contributed by atoms with Crippen molar-refractivity contribution in [2.75, 3.05) is 42.7 Å². The summed E-state index contributed by atoms with van der Waals surface area (Å²) in [7, 11) is 1.60. The number of carbonyl (C=O) groups excluding carboxylic acids is 2. The van der Waals surface area contributed by atoms with Crippen LogP contribution in [0.2, 0.25) is 0 Å². The maximum Gasteiger partial charge on any atom is 0.414 e. The van der Waals surface area contributed by atoms with E-state index in [-0.39, 0.29) is 24.2 Å². The molecule has 2 aromatic heterocycles. The molecule has 0 bridgehead atoms. The van der Waals surface area contributed by atoms with E-state index in [1.54, 1.807) is 24.3 Å². The van der Waals surface area contributed by atoms with Gasteiger partial charge in [0, 0.05) is 35.2 Å². The second-order valence-corrected chi connectivity index (χ2v) is 9.91. The van der Waals surface area contributed by atoms with Crippen molar-refractivity contribution in [2.45, 2.75) is 29.9 Å². The van der Waals surface area contributed by atoms with Crippen molar-refractivity contribution in [3.05, 3.63) is 42.1 Å². The molecular formula is C25H25N5O5S. The summed E-state index contributed by atoms with van der Waals surface area (Å²) in [5.41, 5.74) is 4.14. The number of ether oxygens (including phenoxy) is 3. The summed E-state index contributed by atoms with van der Waals surface area (Å²) in [5, 5.41) is 6.29. The van der Waals surface area contributed by atoms with Gasteiger partial charge in [0.05, 0.1) is 42.3 Å². The fourth-order valence-corrected chi connectivity index (χ4v) is 5.49. The van der Waals surface area contributed by atoms with Crippen molar-refractivity contribution in [1.82, 2.24) is 15.3 Å². The number of carbonyl (C=O) groups is 2. The number of benzene rings is 1. The van der Waals surface area contributed by atoms with E-state index >= 15 is 0 Å². The molecule has 1 aromatic carbocycles. The van der Waals surface area contributed by atoms with Crippen molar-refractivity contribution in [3.8, 4) is 11.6 Å². The number of aromatic nitrogens is 2. The predicted octanol–water partition coefficient (Wildman–Crippen LogP) is 2.99. The van der Waals surface area contributed by atoms with Crippen molar-refractivity contribution in [1.29, 1.82) is 0 Å². The molecule has 2 atom stereocenters. The number of amides is 2. The quantitative estimate of drug-likeness (QED) is 0.466. The lowest BCUT2D eigenvalue weighted by atomic mass is 10.1. The number of pyridine rings is 2. The molecular weight excluding hydrogens is 482 g/mol. The molecule has 3 aliphatic rings. The standard InChI is InChI=1S/C25H25N5O5S/c1-33-23-5-3-18-24(29-23)17-9-16(34-20(17)11-27-18)10-26-7-6-15-12-30(25(32)35-15)14-2-4-21-19(8-14)28-22(31)13-36-21/h2-5,8,11,15-16,26H,6-7,9-10,12-13H2,1H3,(H,28,31)/t15-,16+/m1/s1. The van der Waals surface area contributed by atoms with E-state index in [2.05, 4.69) is 20.6 Å². The molecule has 0 unspecified atom stereocenters. The van der Waals surface area contributed by atoms with Gasteiger partial charge in [-0.2, -0.15) is 0 Å². The minimum absolute atomic E-state index is 0.0217. The topological polar surface area (TPSA) is 115 Å². The number of cyclic esters (lactones) is 1. The van der Waals surface area contributed by atoms with E-state index in [0.29, 0.717) is 37.7 Å². The van der Waals surface area contributed by atoms with Crippen LogP contribution in [0, 0.1) is 0 Å². The average molecular weight is 508 g/mol. The number of nitrogens with one attached hydrogen (secondary N) is 2. The molecule has 10 nitrogen and oxygen atoms in total. The predicted molar refractivity (Wildman–Crippen MR) is 135 cm³/mol. The van der Waals surface area contributed by atoms with Crippen LogP contribution in [-0.4, -0.2) is 66.7 Å². The van der Waals surface area contributed by atoms with Crippen LogP contribution >= 0.6 is 11.8 Å². The summed E-state index contributed by atoms with van der Waals surface area (Å²) in [6, 6.07) is 9.36. The van der Waals surface area contributed by atoms with E-state index in [1.165, 1.54) is 11.8 Å². The Hall–Kier alpha value is -3.57. The first kappa shape index (κ1) is 22.9. The Morgan fingerprint density at radius 2 is 2.14 bits per heavy atom. The van der Waals surface area contributed by atoms with Crippen LogP contribution < -0.4 is 25.0 Å². The molecule has 3 aromatic rings. The Morgan fingerprint density at radius 1 is 1.22 bits per heavy atom. The Bertz CT molecular complexity index is 1350. The average Bonchev–Trinajstić information content (AvgIpc) is 3.48. The van der Waals surface area contributed by atoms with Crippen LogP contribution in [-0.2, 0) is 16.0 Å². The third-order valence-corrected chi connectivity index (χ3v) is 7.56. The molecule has 0 spiro atoms. The lowest BCUT2D eigenvalue weighted by Crippen LogP contribution is -2.32. The summed E-state index contributed by atoms with van der Waals surface area (Å²) in [6.45, 7) is 1.81. The highest BCUT2D eigenvalue weighted by Gasteiger charge is 2.33. The first-order chi connectivity index (χ1) is 17.6. The molecule has 5 heterocycles. The molecule has 1 fully saturated rings. The maximum atomic E-state index is 12.5. The van der Waals surface area contributed by atoms with Gasteiger partial charge in [0.25, 0.3) is 0 Å². The third kappa shape index (κ3) is 4.40. The molecule has 186 valence electrons. The number of rotatable bonds is 7. The molecule has 2 N–H and O–H groups in total. The van der Waals surface area contributed by atoms with E-state index < -0.39 is 0 Å². The molecule has 36 heavy (non-hydrogen) atoms. The summed E-state index contributed by atoms with van der Waals surface area (Å²) < 4.78 is 16.9. The van der Waals surface area contributed by atoms with Crippen LogP contribution in [0.25, 0.3) is 11.0 Å². The van der Waals surface area contributed by atoms with Gasteiger partial charge in [0.15, 0.2) is 0 Å². The Kier molecular flexibility index (Phi) is 6.02. The number of thioether (sulfide) groups is 1. The molecule has 0 radical (unpaired) electrons. The smallest absolute Gasteiger partial charge is 0.414 e. The third-order valence-electron chi connectivity index (χ3n) is 6.48. The first-order valence-electron chi connectivity index (χ1n) is 11.8. The van der Waals surface area contributed by atoms with Crippen molar-refractivity contribution < 1.29 is 23.8 Å². The molecule has 2 amide bonds. The molecule has 3 aliphatic heterocycles. The lowest BCUT2D eigenvalue weighted by Gasteiger charge is -2.20. The zero-order valence-corrected chi connectivity index (χ0v) is 20.5. The van der Waals surface area contributed by atoms with Crippen molar-refractivity contribution in [3.63, 3.8) is 0 Å². The summed E-state index contributed by atoms with van der Waals surface area (Å²) in [5.74, 6) is 1.69. The van der Waals surface area contributed by atoms with E-state index in [9.17, 15) is 9.59 Å². The van der Waals surface area contributed by atoms with Gasteiger partial charge < -0.3 is 24.8 Å². The second-order valence-electron chi connectivity index (χ2n) is 8.89. The fraction of sp³-hybridized carbons (Fsp3) is 0.360. The Labute approximate surface area is 211 Å². The number of anilines is 2. The normalized spacial score (nSPS) is 20.5. The molecule has 0 aliphatic carbocycles. The van der Waals surface area contributed by atoms with Crippen LogP contribution in [0.15, 0.2) is 41.4 Å². The number of nitrogens with zero attached hydrogens (tertiary/aromatic N) is 3. The highest BCUT2D eigenvalue weighted by molar-refractivity contribution is 8.00. The minimum atomic E-state index is -0.369. The largest absolute Gasteiger partial charge is 0.487 e. The number of hydrogen-bond donors (Lipinski definition) is 2. The summed E-state index contributed by atoms with van der Waals surface area (Å²) in [4.78, 5) is 35.8. The van der Waals surface area contributed by atoms with Crippen molar-refractivity contribution >= 4 is 46.2 Å². The monoisotopic (exact) mass is 507 g/mol.